The maximum Gasteiger partial charge on any atom is 0.337 e. The lowest BCUT2D eigenvalue weighted by atomic mass is 10.0. The van der Waals surface area contributed by atoms with E-state index >= 15 is 0 Å². The van der Waals surface area contributed by atoms with Gasteiger partial charge in [-0.05, 0) is 37.7 Å². The highest BCUT2D eigenvalue weighted by Gasteiger charge is 2.37. The van der Waals surface area contributed by atoms with Gasteiger partial charge in [-0.3, -0.25) is 4.79 Å². The van der Waals surface area contributed by atoms with Crippen LogP contribution in [-0.4, -0.2) is 27.5 Å². The summed E-state index contributed by atoms with van der Waals surface area (Å²) in [5.41, 5.74) is 0.487. The quantitative estimate of drug-likeness (QED) is 0.881. The van der Waals surface area contributed by atoms with Gasteiger partial charge in [0, 0.05) is 0 Å². The van der Waals surface area contributed by atoms with Crippen molar-refractivity contribution in [2.24, 2.45) is 0 Å². The Balaban J connectivity index is 2.19. The number of carbonyl (C=O) groups is 2. The molecule has 1 aliphatic heterocycles. The molecule has 1 heterocycles. The number of thioether (sulfide) groups is 1. The molecule has 96 valence electrons. The highest BCUT2D eigenvalue weighted by Crippen LogP contribution is 2.38. The van der Waals surface area contributed by atoms with Crippen LogP contribution in [0.4, 0.5) is 5.69 Å². The Hall–Kier alpha value is -1.49. The third-order valence-electron chi connectivity index (χ3n) is 3.10. The third kappa shape index (κ3) is 2.51. The second kappa shape index (κ2) is 5.02. The molecular weight excluding hydrogens is 250 g/mol. The maximum atomic E-state index is 12.2. The van der Waals surface area contributed by atoms with E-state index in [2.05, 4.69) is 5.32 Å². The second-order valence-corrected chi connectivity index (χ2v) is 6.09. The van der Waals surface area contributed by atoms with Gasteiger partial charge in [0.1, 0.15) is 0 Å². The number of amides is 1. The van der Waals surface area contributed by atoms with Crippen LogP contribution in [0.1, 0.15) is 30.1 Å². The number of nitrogens with one attached hydrogen (secondary N) is 1. The molecule has 5 heteroatoms. The molecule has 1 atom stereocenters. The number of hydrogen-bond donors (Lipinski definition) is 2. The minimum absolute atomic E-state index is 0.112. The lowest BCUT2D eigenvalue weighted by Gasteiger charge is -2.22. The fourth-order valence-corrected chi connectivity index (χ4v) is 3.20. The summed E-state index contributed by atoms with van der Waals surface area (Å²) in [4.78, 5) is 23.2. The molecule has 0 saturated carbocycles. The first-order valence-corrected chi connectivity index (χ1v) is 6.79. The lowest BCUT2D eigenvalue weighted by Crippen LogP contribution is -2.35. The molecule has 1 aromatic rings. The molecule has 18 heavy (non-hydrogen) atoms. The zero-order valence-corrected chi connectivity index (χ0v) is 10.9. The number of rotatable bonds is 3. The number of carbonyl (C=O) groups excluding carboxylic acids is 1. The van der Waals surface area contributed by atoms with Crippen molar-refractivity contribution in [3.63, 3.8) is 0 Å². The Morgan fingerprint density at radius 3 is 2.72 bits per heavy atom. The van der Waals surface area contributed by atoms with Gasteiger partial charge in [0.25, 0.3) is 0 Å². The minimum atomic E-state index is -1.03. The van der Waals surface area contributed by atoms with Crippen LogP contribution in [0.5, 0.6) is 0 Å². The SMILES string of the molecule is CC1(C(=O)Nc2ccccc2C(=O)O)CCCS1. The van der Waals surface area contributed by atoms with E-state index in [1.54, 1.807) is 30.0 Å². The van der Waals surface area contributed by atoms with Gasteiger partial charge >= 0.3 is 5.97 Å². The van der Waals surface area contributed by atoms with Gasteiger partial charge < -0.3 is 10.4 Å². The Morgan fingerprint density at radius 2 is 2.11 bits per heavy atom. The predicted octanol–water partition coefficient (Wildman–Crippen LogP) is 2.61. The van der Waals surface area contributed by atoms with Crippen LogP contribution in [0.25, 0.3) is 0 Å². The van der Waals surface area contributed by atoms with Gasteiger partial charge in [-0.25, -0.2) is 4.79 Å². The van der Waals surface area contributed by atoms with Gasteiger partial charge in [-0.1, -0.05) is 12.1 Å². The molecule has 0 spiro atoms. The van der Waals surface area contributed by atoms with E-state index in [1.165, 1.54) is 6.07 Å². The molecule has 1 fully saturated rings. The van der Waals surface area contributed by atoms with Crippen LogP contribution in [0.2, 0.25) is 0 Å². The number of carboxylic acids is 1. The monoisotopic (exact) mass is 265 g/mol. The average Bonchev–Trinajstić information content (AvgIpc) is 2.78. The second-order valence-electron chi connectivity index (χ2n) is 4.49. The normalized spacial score (nSPS) is 22.7. The Bertz CT molecular complexity index is 481. The number of carboxylic acid groups (broad SMARTS) is 1. The summed E-state index contributed by atoms with van der Waals surface area (Å²) in [7, 11) is 0. The third-order valence-corrected chi connectivity index (χ3v) is 4.62. The summed E-state index contributed by atoms with van der Waals surface area (Å²) in [5.74, 6) is -0.168. The fourth-order valence-electron chi connectivity index (χ4n) is 1.99. The van der Waals surface area contributed by atoms with Crippen molar-refractivity contribution >= 4 is 29.3 Å². The first-order valence-electron chi connectivity index (χ1n) is 5.81. The van der Waals surface area contributed by atoms with Gasteiger partial charge in [0.15, 0.2) is 0 Å². The Morgan fingerprint density at radius 1 is 1.39 bits per heavy atom. The number of para-hydroxylation sites is 1. The van der Waals surface area contributed by atoms with Gasteiger partial charge in [0.2, 0.25) is 5.91 Å². The van der Waals surface area contributed by atoms with Crippen molar-refractivity contribution in [1.82, 2.24) is 0 Å². The molecule has 0 radical (unpaired) electrons. The van der Waals surface area contributed by atoms with Crippen molar-refractivity contribution in [1.29, 1.82) is 0 Å². The summed E-state index contributed by atoms with van der Waals surface area (Å²) in [6.07, 6.45) is 1.86. The first kappa shape index (κ1) is 13.0. The molecule has 4 nitrogen and oxygen atoms in total. The highest BCUT2D eigenvalue weighted by molar-refractivity contribution is 8.01. The minimum Gasteiger partial charge on any atom is -0.478 e. The molecule has 2 N–H and O–H groups in total. The fraction of sp³-hybridized carbons (Fsp3) is 0.385. The summed E-state index contributed by atoms with van der Waals surface area (Å²) >= 11 is 1.63. The molecule has 1 aliphatic rings. The molecule has 0 aromatic heterocycles. The van der Waals surface area contributed by atoms with E-state index < -0.39 is 10.7 Å². The molecule has 1 saturated heterocycles. The van der Waals surface area contributed by atoms with Gasteiger partial charge in [-0.15, -0.1) is 11.8 Å². The smallest absolute Gasteiger partial charge is 0.337 e. The van der Waals surface area contributed by atoms with Crippen LogP contribution in [0.3, 0.4) is 0 Å². The van der Waals surface area contributed by atoms with Crippen molar-refractivity contribution in [2.45, 2.75) is 24.5 Å². The van der Waals surface area contributed by atoms with Crippen molar-refractivity contribution in [2.75, 3.05) is 11.1 Å². The van der Waals surface area contributed by atoms with E-state index in [0.29, 0.717) is 5.69 Å². The van der Waals surface area contributed by atoms with Gasteiger partial charge in [0.05, 0.1) is 16.0 Å². The molecular formula is C13H15NO3S. The molecule has 1 amide bonds. The average molecular weight is 265 g/mol. The van der Waals surface area contributed by atoms with E-state index in [9.17, 15) is 9.59 Å². The zero-order chi connectivity index (χ0) is 13.2. The van der Waals surface area contributed by atoms with Crippen molar-refractivity contribution < 1.29 is 14.7 Å². The standard InChI is InChI=1S/C13H15NO3S/c1-13(7-4-8-18-13)12(17)14-10-6-3-2-5-9(10)11(15)16/h2-3,5-6H,4,7-8H2,1H3,(H,14,17)(H,15,16). The summed E-state index contributed by atoms with van der Waals surface area (Å²) in [5, 5.41) is 11.8. The number of anilines is 1. The summed E-state index contributed by atoms with van der Waals surface area (Å²) in [6, 6.07) is 6.46. The van der Waals surface area contributed by atoms with Crippen LogP contribution < -0.4 is 5.32 Å². The molecule has 0 bridgehead atoms. The molecule has 0 aliphatic carbocycles. The van der Waals surface area contributed by atoms with Crippen LogP contribution in [0.15, 0.2) is 24.3 Å². The first-order chi connectivity index (χ1) is 8.53. The van der Waals surface area contributed by atoms with E-state index in [1.807, 2.05) is 6.92 Å². The summed E-state index contributed by atoms with van der Waals surface area (Å²) < 4.78 is -0.439. The summed E-state index contributed by atoms with van der Waals surface area (Å²) in [6.45, 7) is 1.91. The topological polar surface area (TPSA) is 66.4 Å². The number of benzene rings is 1. The predicted molar refractivity (Wildman–Crippen MR) is 72.1 cm³/mol. The van der Waals surface area contributed by atoms with E-state index in [-0.39, 0.29) is 11.5 Å². The molecule has 2 rings (SSSR count). The van der Waals surface area contributed by atoms with Crippen molar-refractivity contribution in [3.05, 3.63) is 29.8 Å². The molecule has 1 unspecified atom stereocenters. The largest absolute Gasteiger partial charge is 0.478 e. The Kier molecular flexibility index (Phi) is 3.61. The van der Waals surface area contributed by atoms with Crippen LogP contribution >= 0.6 is 11.8 Å². The number of hydrogen-bond acceptors (Lipinski definition) is 3. The van der Waals surface area contributed by atoms with Gasteiger partial charge in [-0.2, -0.15) is 0 Å². The lowest BCUT2D eigenvalue weighted by molar-refractivity contribution is -0.118. The van der Waals surface area contributed by atoms with Crippen LogP contribution in [0, 0.1) is 0 Å². The highest BCUT2D eigenvalue weighted by atomic mass is 32.2. The zero-order valence-electron chi connectivity index (χ0n) is 10.1. The number of aromatic carboxylic acids is 1. The maximum absolute atomic E-state index is 12.2. The van der Waals surface area contributed by atoms with Crippen LogP contribution in [-0.2, 0) is 4.79 Å². The van der Waals surface area contributed by atoms with E-state index in [4.69, 9.17) is 5.11 Å². The van der Waals surface area contributed by atoms with E-state index in [0.717, 1.165) is 18.6 Å². The Labute approximate surface area is 110 Å². The van der Waals surface area contributed by atoms with Crippen molar-refractivity contribution in [3.8, 4) is 0 Å². The molecule has 1 aromatic carbocycles.